The van der Waals surface area contributed by atoms with Gasteiger partial charge >= 0.3 is 0 Å². The van der Waals surface area contributed by atoms with E-state index < -0.39 is 11.6 Å². The second-order valence-corrected chi connectivity index (χ2v) is 5.18. The number of rotatable bonds is 4. The molecule has 18 heavy (non-hydrogen) atoms. The van der Waals surface area contributed by atoms with Crippen molar-refractivity contribution in [3.05, 3.63) is 35.4 Å². The average Bonchev–Trinajstić information content (AvgIpc) is 2.82. The van der Waals surface area contributed by atoms with Crippen molar-refractivity contribution in [2.24, 2.45) is 0 Å². The molecule has 0 saturated carbocycles. The molecule has 1 fully saturated rings. The summed E-state index contributed by atoms with van der Waals surface area (Å²) in [7, 11) is 3.95. The van der Waals surface area contributed by atoms with Gasteiger partial charge < -0.3 is 10.2 Å². The van der Waals surface area contributed by atoms with Gasteiger partial charge in [-0.25, -0.2) is 8.78 Å². The van der Waals surface area contributed by atoms with E-state index in [-0.39, 0.29) is 6.04 Å². The van der Waals surface area contributed by atoms with Crippen molar-refractivity contribution in [3.8, 4) is 0 Å². The first-order chi connectivity index (χ1) is 8.58. The fraction of sp³-hybridized carbons (Fsp3) is 0.571. The summed E-state index contributed by atoms with van der Waals surface area (Å²) in [6.07, 6.45) is 3.29. The number of nitrogens with zero attached hydrogens (tertiary/aromatic N) is 1. The van der Waals surface area contributed by atoms with Crippen molar-refractivity contribution in [2.45, 2.75) is 31.3 Å². The minimum Gasteiger partial charge on any atom is -0.314 e. The molecule has 1 N–H and O–H groups in total. The van der Waals surface area contributed by atoms with Crippen LogP contribution in [-0.2, 0) is 0 Å². The molecule has 0 aromatic heterocycles. The summed E-state index contributed by atoms with van der Waals surface area (Å²) in [6, 6.07) is 4.80. The molecule has 1 aromatic carbocycles. The predicted molar refractivity (Wildman–Crippen MR) is 68.4 cm³/mol. The van der Waals surface area contributed by atoms with Gasteiger partial charge in [0, 0.05) is 12.1 Å². The monoisotopic (exact) mass is 254 g/mol. The van der Waals surface area contributed by atoms with E-state index in [1.807, 2.05) is 14.1 Å². The normalized spacial score (nSPS) is 21.5. The third-order valence-electron chi connectivity index (χ3n) is 3.62. The first-order valence-electron chi connectivity index (χ1n) is 6.42. The summed E-state index contributed by atoms with van der Waals surface area (Å²) in [5.41, 5.74) is 0.840. The second kappa shape index (κ2) is 5.76. The van der Waals surface area contributed by atoms with Gasteiger partial charge in [-0.15, -0.1) is 0 Å². The maximum atomic E-state index is 13.3. The molecule has 1 heterocycles. The number of nitrogens with one attached hydrogen (secondary N) is 1. The Morgan fingerprint density at radius 1 is 1.33 bits per heavy atom. The predicted octanol–water partition coefficient (Wildman–Crippen LogP) is 2.71. The van der Waals surface area contributed by atoms with Gasteiger partial charge in [0.1, 0.15) is 0 Å². The molecule has 2 atom stereocenters. The van der Waals surface area contributed by atoms with Crippen molar-refractivity contribution < 1.29 is 8.78 Å². The second-order valence-electron chi connectivity index (χ2n) is 5.18. The topological polar surface area (TPSA) is 15.3 Å². The highest BCUT2D eigenvalue weighted by Crippen LogP contribution is 2.27. The summed E-state index contributed by atoms with van der Waals surface area (Å²) in [5.74, 6) is -1.55. The lowest BCUT2D eigenvalue weighted by Crippen LogP contribution is -2.29. The molecule has 0 spiro atoms. The molecule has 1 aromatic rings. The van der Waals surface area contributed by atoms with Gasteiger partial charge in [0.15, 0.2) is 11.6 Å². The Kier molecular flexibility index (Phi) is 4.30. The maximum absolute atomic E-state index is 13.3. The van der Waals surface area contributed by atoms with Gasteiger partial charge in [-0.1, -0.05) is 6.07 Å². The Labute approximate surface area is 107 Å². The van der Waals surface area contributed by atoms with Crippen LogP contribution in [0.2, 0.25) is 0 Å². The van der Waals surface area contributed by atoms with Crippen LogP contribution in [0.4, 0.5) is 8.78 Å². The highest BCUT2D eigenvalue weighted by molar-refractivity contribution is 5.21. The third kappa shape index (κ3) is 3.06. The fourth-order valence-electron chi connectivity index (χ4n) is 2.59. The molecular weight excluding hydrogens is 234 g/mol. The molecule has 0 amide bonds. The van der Waals surface area contributed by atoms with E-state index in [0.29, 0.717) is 6.04 Å². The number of hydrogen-bond donors (Lipinski definition) is 1. The smallest absolute Gasteiger partial charge is 0.159 e. The van der Waals surface area contributed by atoms with Gasteiger partial charge in [-0.05, 0) is 57.6 Å². The minimum atomic E-state index is -0.782. The van der Waals surface area contributed by atoms with E-state index in [1.165, 1.54) is 18.6 Å². The van der Waals surface area contributed by atoms with Crippen LogP contribution in [0.25, 0.3) is 0 Å². The zero-order chi connectivity index (χ0) is 13.1. The molecular formula is C14H20F2N2. The summed E-state index contributed by atoms with van der Waals surface area (Å²) in [6.45, 7) is 1.06. The van der Waals surface area contributed by atoms with Crippen LogP contribution in [0, 0.1) is 11.6 Å². The van der Waals surface area contributed by atoms with Crippen molar-refractivity contribution in [2.75, 3.05) is 20.6 Å². The molecule has 100 valence electrons. The standard InChI is InChI=1S/C14H20F2N2/c1-18(2)14(9-11-4-3-7-17-11)10-5-6-12(15)13(16)8-10/h5-6,8,11,14,17H,3-4,7,9H2,1-2H3. The van der Waals surface area contributed by atoms with E-state index in [4.69, 9.17) is 0 Å². The quantitative estimate of drug-likeness (QED) is 0.888. The molecule has 2 rings (SSSR count). The molecule has 1 aliphatic rings. The lowest BCUT2D eigenvalue weighted by atomic mass is 9.97. The Morgan fingerprint density at radius 3 is 2.67 bits per heavy atom. The zero-order valence-corrected chi connectivity index (χ0v) is 10.9. The van der Waals surface area contributed by atoms with Crippen molar-refractivity contribution in [1.29, 1.82) is 0 Å². The van der Waals surface area contributed by atoms with Gasteiger partial charge in [0.2, 0.25) is 0 Å². The highest BCUT2D eigenvalue weighted by atomic mass is 19.2. The van der Waals surface area contributed by atoms with Crippen LogP contribution >= 0.6 is 0 Å². The third-order valence-corrected chi connectivity index (χ3v) is 3.62. The lowest BCUT2D eigenvalue weighted by molar-refractivity contribution is 0.262. The minimum absolute atomic E-state index is 0.121. The maximum Gasteiger partial charge on any atom is 0.159 e. The van der Waals surface area contributed by atoms with Crippen LogP contribution in [0.5, 0.6) is 0 Å². The van der Waals surface area contributed by atoms with Crippen LogP contribution in [-0.4, -0.2) is 31.6 Å². The van der Waals surface area contributed by atoms with Gasteiger partial charge in [0.25, 0.3) is 0 Å². The summed E-state index contributed by atoms with van der Waals surface area (Å²) < 4.78 is 26.3. The molecule has 1 saturated heterocycles. The zero-order valence-electron chi connectivity index (χ0n) is 10.9. The molecule has 4 heteroatoms. The van der Waals surface area contributed by atoms with Gasteiger partial charge in [-0.3, -0.25) is 0 Å². The molecule has 0 bridgehead atoms. The van der Waals surface area contributed by atoms with E-state index in [1.54, 1.807) is 6.07 Å². The summed E-state index contributed by atoms with van der Waals surface area (Å²) >= 11 is 0. The Hall–Kier alpha value is -1.00. The summed E-state index contributed by atoms with van der Waals surface area (Å²) in [4.78, 5) is 2.06. The largest absolute Gasteiger partial charge is 0.314 e. The molecule has 0 aliphatic carbocycles. The first-order valence-corrected chi connectivity index (χ1v) is 6.42. The first kappa shape index (κ1) is 13.4. The van der Waals surface area contributed by atoms with Crippen molar-refractivity contribution >= 4 is 0 Å². The Bertz CT molecular complexity index is 401. The SMILES string of the molecule is CN(C)C(CC1CCCN1)c1ccc(F)c(F)c1. The summed E-state index contributed by atoms with van der Waals surface area (Å²) in [5, 5.41) is 3.44. The molecule has 1 aliphatic heterocycles. The molecule has 2 unspecified atom stereocenters. The highest BCUT2D eigenvalue weighted by Gasteiger charge is 2.23. The van der Waals surface area contributed by atoms with Gasteiger partial charge in [0.05, 0.1) is 0 Å². The van der Waals surface area contributed by atoms with E-state index in [9.17, 15) is 8.78 Å². The van der Waals surface area contributed by atoms with E-state index in [0.717, 1.165) is 24.9 Å². The van der Waals surface area contributed by atoms with Crippen LogP contribution in [0.1, 0.15) is 30.9 Å². The van der Waals surface area contributed by atoms with Gasteiger partial charge in [-0.2, -0.15) is 0 Å². The fourth-order valence-corrected chi connectivity index (χ4v) is 2.59. The van der Waals surface area contributed by atoms with Crippen LogP contribution in [0.15, 0.2) is 18.2 Å². The average molecular weight is 254 g/mol. The number of hydrogen-bond acceptors (Lipinski definition) is 2. The number of benzene rings is 1. The molecule has 0 radical (unpaired) electrons. The van der Waals surface area contributed by atoms with Crippen LogP contribution in [0.3, 0.4) is 0 Å². The Balaban J connectivity index is 2.15. The van der Waals surface area contributed by atoms with Crippen molar-refractivity contribution in [3.63, 3.8) is 0 Å². The Morgan fingerprint density at radius 2 is 2.11 bits per heavy atom. The van der Waals surface area contributed by atoms with Crippen LogP contribution < -0.4 is 5.32 Å². The number of halogens is 2. The van der Waals surface area contributed by atoms with Crippen molar-refractivity contribution in [1.82, 2.24) is 10.2 Å². The lowest BCUT2D eigenvalue weighted by Gasteiger charge is -2.27. The molecule has 2 nitrogen and oxygen atoms in total. The van der Waals surface area contributed by atoms with E-state index in [2.05, 4.69) is 10.2 Å². The van der Waals surface area contributed by atoms with E-state index >= 15 is 0 Å².